The lowest BCUT2D eigenvalue weighted by Crippen LogP contribution is -2.36. The Labute approximate surface area is 112 Å². The Morgan fingerprint density at radius 2 is 2.17 bits per heavy atom. The zero-order valence-corrected chi connectivity index (χ0v) is 11.6. The van der Waals surface area contributed by atoms with Crippen molar-refractivity contribution in [2.75, 3.05) is 6.54 Å². The van der Waals surface area contributed by atoms with Gasteiger partial charge in [0, 0.05) is 34.8 Å². The van der Waals surface area contributed by atoms with Crippen molar-refractivity contribution in [2.45, 2.75) is 38.4 Å². The Balaban J connectivity index is 1.51. The SMILES string of the molecule is CC(CNC1CC1)NCc1cc2ccccc2s1. The van der Waals surface area contributed by atoms with Gasteiger partial charge in [0.25, 0.3) is 0 Å². The van der Waals surface area contributed by atoms with E-state index < -0.39 is 0 Å². The van der Waals surface area contributed by atoms with E-state index in [0.29, 0.717) is 6.04 Å². The van der Waals surface area contributed by atoms with E-state index in [1.807, 2.05) is 11.3 Å². The molecule has 3 heteroatoms. The van der Waals surface area contributed by atoms with Gasteiger partial charge in [-0.2, -0.15) is 0 Å². The molecular weight excluding hydrogens is 240 g/mol. The zero-order valence-electron chi connectivity index (χ0n) is 10.8. The molecule has 0 bridgehead atoms. The third-order valence-corrected chi connectivity index (χ3v) is 4.51. The topological polar surface area (TPSA) is 24.1 Å². The van der Waals surface area contributed by atoms with Crippen LogP contribution in [0, 0.1) is 0 Å². The second-order valence-corrected chi connectivity index (χ2v) is 6.38. The van der Waals surface area contributed by atoms with Crippen molar-refractivity contribution < 1.29 is 0 Å². The summed E-state index contributed by atoms with van der Waals surface area (Å²) in [4.78, 5) is 1.43. The molecule has 0 radical (unpaired) electrons. The molecule has 2 aromatic rings. The maximum Gasteiger partial charge on any atom is 0.0346 e. The van der Waals surface area contributed by atoms with Crippen LogP contribution in [0.15, 0.2) is 30.3 Å². The third kappa shape index (κ3) is 3.10. The molecule has 0 aliphatic heterocycles. The first-order valence-electron chi connectivity index (χ1n) is 6.75. The predicted molar refractivity (Wildman–Crippen MR) is 79.2 cm³/mol. The summed E-state index contributed by atoms with van der Waals surface area (Å²) >= 11 is 1.89. The van der Waals surface area contributed by atoms with Gasteiger partial charge in [-0.05, 0) is 37.3 Å². The van der Waals surface area contributed by atoms with Crippen LogP contribution in [0.3, 0.4) is 0 Å². The van der Waals surface area contributed by atoms with Crippen LogP contribution in [0.2, 0.25) is 0 Å². The molecule has 96 valence electrons. The Morgan fingerprint density at radius 3 is 2.94 bits per heavy atom. The molecule has 3 rings (SSSR count). The summed E-state index contributed by atoms with van der Waals surface area (Å²) in [5.41, 5.74) is 0. The summed E-state index contributed by atoms with van der Waals surface area (Å²) in [6.07, 6.45) is 2.73. The van der Waals surface area contributed by atoms with Crippen molar-refractivity contribution in [1.29, 1.82) is 0 Å². The maximum atomic E-state index is 3.59. The van der Waals surface area contributed by atoms with Crippen molar-refractivity contribution >= 4 is 21.4 Å². The van der Waals surface area contributed by atoms with Crippen LogP contribution >= 0.6 is 11.3 Å². The van der Waals surface area contributed by atoms with Crippen LogP contribution in [0.1, 0.15) is 24.6 Å². The van der Waals surface area contributed by atoms with Gasteiger partial charge < -0.3 is 10.6 Å². The Kier molecular flexibility index (Phi) is 3.64. The lowest BCUT2D eigenvalue weighted by atomic mass is 10.2. The number of nitrogens with one attached hydrogen (secondary N) is 2. The molecule has 1 aromatic carbocycles. The summed E-state index contributed by atoms with van der Waals surface area (Å²) in [7, 11) is 0. The highest BCUT2D eigenvalue weighted by atomic mass is 32.1. The minimum atomic E-state index is 0.538. The van der Waals surface area contributed by atoms with E-state index in [1.54, 1.807) is 0 Å². The number of hydrogen-bond acceptors (Lipinski definition) is 3. The number of fused-ring (bicyclic) bond motifs is 1. The van der Waals surface area contributed by atoms with Crippen LogP contribution in [0.5, 0.6) is 0 Å². The summed E-state index contributed by atoms with van der Waals surface area (Å²) < 4.78 is 1.39. The van der Waals surface area contributed by atoms with Gasteiger partial charge >= 0.3 is 0 Å². The maximum absolute atomic E-state index is 3.59. The molecule has 1 heterocycles. The van der Waals surface area contributed by atoms with E-state index >= 15 is 0 Å². The lowest BCUT2D eigenvalue weighted by Gasteiger charge is -2.13. The highest BCUT2D eigenvalue weighted by Gasteiger charge is 2.20. The Morgan fingerprint density at radius 1 is 1.33 bits per heavy atom. The first kappa shape index (κ1) is 12.2. The van der Waals surface area contributed by atoms with Gasteiger partial charge in [0.15, 0.2) is 0 Å². The van der Waals surface area contributed by atoms with Gasteiger partial charge in [0.2, 0.25) is 0 Å². The van der Waals surface area contributed by atoms with Gasteiger partial charge in [0.05, 0.1) is 0 Å². The smallest absolute Gasteiger partial charge is 0.0346 e. The fraction of sp³-hybridized carbons (Fsp3) is 0.467. The van der Waals surface area contributed by atoms with Crippen molar-refractivity contribution in [3.63, 3.8) is 0 Å². The van der Waals surface area contributed by atoms with Gasteiger partial charge in [-0.25, -0.2) is 0 Å². The standard InChI is InChI=1S/C15H20N2S/c1-11(9-17-13-6-7-13)16-10-14-8-12-4-2-3-5-15(12)18-14/h2-5,8,11,13,16-17H,6-7,9-10H2,1H3. The van der Waals surface area contributed by atoms with Crippen LogP contribution in [0.4, 0.5) is 0 Å². The number of benzene rings is 1. The highest BCUT2D eigenvalue weighted by Crippen LogP contribution is 2.25. The molecular formula is C15H20N2S. The number of thiophene rings is 1. The molecule has 0 saturated heterocycles. The van der Waals surface area contributed by atoms with Crippen molar-refractivity contribution in [3.05, 3.63) is 35.2 Å². The second-order valence-electron chi connectivity index (χ2n) is 5.22. The average Bonchev–Trinajstić information content (AvgIpc) is 3.11. The summed E-state index contributed by atoms with van der Waals surface area (Å²) in [6.45, 7) is 4.31. The van der Waals surface area contributed by atoms with Crippen LogP contribution in [0.25, 0.3) is 10.1 Å². The molecule has 1 aromatic heterocycles. The first-order valence-corrected chi connectivity index (χ1v) is 7.57. The summed E-state index contributed by atoms with van der Waals surface area (Å²) in [6, 6.07) is 12.2. The summed E-state index contributed by atoms with van der Waals surface area (Å²) in [5.74, 6) is 0. The van der Waals surface area contributed by atoms with E-state index in [9.17, 15) is 0 Å². The van der Waals surface area contributed by atoms with Crippen LogP contribution in [-0.2, 0) is 6.54 Å². The monoisotopic (exact) mass is 260 g/mol. The fourth-order valence-electron chi connectivity index (χ4n) is 2.10. The minimum absolute atomic E-state index is 0.538. The van der Waals surface area contributed by atoms with E-state index in [4.69, 9.17) is 0 Å². The molecule has 1 saturated carbocycles. The fourth-order valence-corrected chi connectivity index (χ4v) is 3.12. The first-order chi connectivity index (χ1) is 8.81. The Hall–Kier alpha value is -0.900. The molecule has 2 N–H and O–H groups in total. The van der Waals surface area contributed by atoms with Crippen LogP contribution < -0.4 is 10.6 Å². The summed E-state index contributed by atoms with van der Waals surface area (Å²) in [5, 5.41) is 8.51. The lowest BCUT2D eigenvalue weighted by molar-refractivity contribution is 0.502. The molecule has 1 aliphatic carbocycles. The molecule has 0 spiro atoms. The van der Waals surface area contributed by atoms with Gasteiger partial charge in [-0.1, -0.05) is 18.2 Å². The minimum Gasteiger partial charge on any atom is -0.312 e. The second kappa shape index (κ2) is 5.39. The van der Waals surface area contributed by atoms with Gasteiger partial charge in [0.1, 0.15) is 0 Å². The molecule has 1 aliphatic rings. The molecule has 1 fully saturated rings. The zero-order chi connectivity index (χ0) is 12.4. The molecule has 1 unspecified atom stereocenters. The number of rotatable bonds is 6. The largest absolute Gasteiger partial charge is 0.312 e. The molecule has 18 heavy (non-hydrogen) atoms. The molecule has 2 nitrogen and oxygen atoms in total. The van der Waals surface area contributed by atoms with E-state index in [2.05, 4.69) is 47.9 Å². The van der Waals surface area contributed by atoms with Crippen molar-refractivity contribution in [1.82, 2.24) is 10.6 Å². The molecule has 1 atom stereocenters. The quantitative estimate of drug-likeness (QED) is 0.834. The average molecular weight is 260 g/mol. The van der Waals surface area contributed by atoms with Gasteiger partial charge in [-0.15, -0.1) is 11.3 Å². The molecule has 0 amide bonds. The predicted octanol–water partition coefficient (Wildman–Crippen LogP) is 3.13. The van der Waals surface area contributed by atoms with E-state index in [1.165, 1.54) is 27.8 Å². The third-order valence-electron chi connectivity index (χ3n) is 3.39. The van der Waals surface area contributed by atoms with Crippen molar-refractivity contribution in [3.8, 4) is 0 Å². The van der Waals surface area contributed by atoms with Gasteiger partial charge in [-0.3, -0.25) is 0 Å². The highest BCUT2D eigenvalue weighted by molar-refractivity contribution is 7.19. The van der Waals surface area contributed by atoms with E-state index in [0.717, 1.165) is 19.1 Å². The number of hydrogen-bond donors (Lipinski definition) is 2. The van der Waals surface area contributed by atoms with E-state index in [-0.39, 0.29) is 0 Å². The van der Waals surface area contributed by atoms with Crippen LogP contribution in [-0.4, -0.2) is 18.6 Å². The Bertz CT molecular complexity index is 483. The normalized spacial score (nSPS) is 17.2. The van der Waals surface area contributed by atoms with Crippen molar-refractivity contribution in [2.24, 2.45) is 0 Å².